The van der Waals surface area contributed by atoms with E-state index in [0.29, 0.717) is 22.6 Å². The summed E-state index contributed by atoms with van der Waals surface area (Å²) in [5, 5.41) is 3.10. The summed E-state index contributed by atoms with van der Waals surface area (Å²) in [7, 11) is 1.87. The van der Waals surface area contributed by atoms with Crippen molar-refractivity contribution in [2.45, 2.75) is 20.4 Å². The summed E-state index contributed by atoms with van der Waals surface area (Å²) in [5.74, 6) is 0.782. The molecule has 0 aliphatic carbocycles. The summed E-state index contributed by atoms with van der Waals surface area (Å²) in [6.45, 7) is 4.61. The quantitative estimate of drug-likeness (QED) is 0.910. The molecular formula is C15H16BrFN2O. The van der Waals surface area contributed by atoms with Crippen LogP contribution in [0.4, 0.5) is 4.39 Å². The normalized spacial score (nSPS) is 10.7. The largest absolute Gasteiger partial charge is 0.439 e. The van der Waals surface area contributed by atoms with Crippen molar-refractivity contribution in [1.82, 2.24) is 10.3 Å². The van der Waals surface area contributed by atoms with Crippen LogP contribution in [0, 0.1) is 19.7 Å². The summed E-state index contributed by atoms with van der Waals surface area (Å²) >= 11 is 3.15. The van der Waals surface area contributed by atoms with Gasteiger partial charge in [-0.15, -0.1) is 0 Å². The second-order valence-corrected chi connectivity index (χ2v) is 5.43. The second-order valence-electron chi connectivity index (χ2n) is 4.57. The molecule has 2 aromatic rings. The summed E-state index contributed by atoms with van der Waals surface area (Å²) < 4.78 is 19.4. The molecule has 0 aliphatic rings. The number of benzene rings is 1. The summed E-state index contributed by atoms with van der Waals surface area (Å²) in [5.41, 5.74) is 3.00. The maximum atomic E-state index is 13.2. The molecule has 0 unspecified atom stereocenters. The molecular weight excluding hydrogens is 323 g/mol. The Morgan fingerprint density at radius 2 is 2.05 bits per heavy atom. The first-order chi connectivity index (χ1) is 9.51. The molecule has 0 radical (unpaired) electrons. The van der Waals surface area contributed by atoms with Crippen LogP contribution in [0.25, 0.3) is 0 Å². The van der Waals surface area contributed by atoms with Gasteiger partial charge in [-0.25, -0.2) is 9.37 Å². The molecule has 0 saturated heterocycles. The average Bonchev–Trinajstić information content (AvgIpc) is 2.38. The summed E-state index contributed by atoms with van der Waals surface area (Å²) in [4.78, 5) is 4.43. The fraction of sp³-hybridized carbons (Fsp3) is 0.267. The molecule has 0 amide bonds. The van der Waals surface area contributed by atoms with Crippen molar-refractivity contribution in [2.75, 3.05) is 7.05 Å². The van der Waals surface area contributed by atoms with Crippen LogP contribution in [0.15, 0.2) is 28.7 Å². The number of nitrogens with zero attached hydrogens (tertiary/aromatic N) is 1. The van der Waals surface area contributed by atoms with Crippen molar-refractivity contribution >= 4 is 15.9 Å². The van der Waals surface area contributed by atoms with Gasteiger partial charge in [0.2, 0.25) is 5.88 Å². The number of pyridine rings is 1. The highest BCUT2D eigenvalue weighted by Crippen LogP contribution is 2.29. The predicted molar refractivity (Wildman–Crippen MR) is 80.6 cm³/mol. The molecule has 0 aliphatic heterocycles. The molecule has 106 valence electrons. The summed E-state index contributed by atoms with van der Waals surface area (Å²) in [6, 6.07) is 6.56. The molecule has 0 fully saturated rings. The Morgan fingerprint density at radius 1 is 1.30 bits per heavy atom. The third-order valence-electron chi connectivity index (χ3n) is 2.90. The van der Waals surface area contributed by atoms with Crippen molar-refractivity contribution < 1.29 is 9.13 Å². The van der Waals surface area contributed by atoms with Crippen molar-refractivity contribution in [3.8, 4) is 11.6 Å². The molecule has 5 heteroatoms. The third-order valence-corrected chi connectivity index (χ3v) is 3.50. The molecule has 1 N–H and O–H groups in total. The van der Waals surface area contributed by atoms with Gasteiger partial charge in [-0.1, -0.05) is 0 Å². The molecule has 1 aromatic carbocycles. The molecule has 0 bridgehead atoms. The fourth-order valence-electron chi connectivity index (χ4n) is 1.96. The molecule has 1 heterocycles. The number of halogens is 2. The van der Waals surface area contributed by atoms with Gasteiger partial charge >= 0.3 is 0 Å². The molecule has 0 spiro atoms. The van der Waals surface area contributed by atoms with Crippen molar-refractivity contribution in [1.29, 1.82) is 0 Å². The van der Waals surface area contributed by atoms with E-state index < -0.39 is 0 Å². The number of hydrogen-bond donors (Lipinski definition) is 1. The van der Waals surface area contributed by atoms with Crippen LogP contribution in [0.1, 0.15) is 16.8 Å². The van der Waals surface area contributed by atoms with Crippen LogP contribution < -0.4 is 10.1 Å². The van der Waals surface area contributed by atoms with Crippen LogP contribution in [0.3, 0.4) is 0 Å². The van der Waals surface area contributed by atoms with Gasteiger partial charge in [0.25, 0.3) is 0 Å². The third kappa shape index (κ3) is 3.35. The molecule has 1 aromatic heterocycles. The molecule has 0 saturated carbocycles. The lowest BCUT2D eigenvalue weighted by Gasteiger charge is -2.13. The maximum Gasteiger partial charge on any atom is 0.224 e. The van der Waals surface area contributed by atoms with Gasteiger partial charge in [-0.2, -0.15) is 0 Å². The minimum absolute atomic E-state index is 0.318. The lowest BCUT2D eigenvalue weighted by molar-refractivity contribution is 0.450. The van der Waals surface area contributed by atoms with Crippen molar-refractivity contribution in [3.63, 3.8) is 0 Å². The van der Waals surface area contributed by atoms with E-state index in [2.05, 4.69) is 26.2 Å². The van der Waals surface area contributed by atoms with Crippen molar-refractivity contribution in [3.05, 3.63) is 51.4 Å². The highest BCUT2D eigenvalue weighted by Gasteiger charge is 2.11. The van der Waals surface area contributed by atoms with Crippen LogP contribution in [-0.2, 0) is 6.54 Å². The first-order valence-electron chi connectivity index (χ1n) is 6.26. The number of aromatic nitrogens is 1. The van der Waals surface area contributed by atoms with Gasteiger partial charge in [-0.05, 0) is 66.7 Å². The Labute approximate surface area is 126 Å². The predicted octanol–water partition coefficient (Wildman–Crippen LogP) is 4.11. The maximum absolute atomic E-state index is 13.2. The average molecular weight is 339 g/mol. The summed E-state index contributed by atoms with van der Waals surface area (Å²) in [6.07, 6.45) is 0. The van der Waals surface area contributed by atoms with E-state index in [1.807, 2.05) is 27.0 Å². The SMILES string of the molecule is CNCc1c(C)cc(C)nc1Oc1ccc(F)c(Br)c1. The first-order valence-corrected chi connectivity index (χ1v) is 7.05. The lowest BCUT2D eigenvalue weighted by atomic mass is 10.1. The van der Waals surface area contributed by atoms with Crippen LogP contribution in [0.2, 0.25) is 0 Å². The zero-order valence-electron chi connectivity index (χ0n) is 11.6. The van der Waals surface area contributed by atoms with Gasteiger partial charge < -0.3 is 10.1 Å². The van der Waals surface area contributed by atoms with E-state index in [0.717, 1.165) is 16.8 Å². The highest BCUT2D eigenvalue weighted by molar-refractivity contribution is 9.10. The Morgan fingerprint density at radius 3 is 2.70 bits per heavy atom. The highest BCUT2D eigenvalue weighted by atomic mass is 79.9. The minimum Gasteiger partial charge on any atom is -0.439 e. The van der Waals surface area contributed by atoms with Crippen molar-refractivity contribution in [2.24, 2.45) is 0 Å². The Bertz CT molecular complexity index is 632. The monoisotopic (exact) mass is 338 g/mol. The Hall–Kier alpha value is -1.46. The molecule has 20 heavy (non-hydrogen) atoms. The second kappa shape index (κ2) is 6.33. The number of nitrogens with one attached hydrogen (secondary N) is 1. The zero-order chi connectivity index (χ0) is 14.7. The number of aryl methyl sites for hydroxylation is 2. The van der Waals surface area contributed by atoms with Gasteiger partial charge in [0, 0.05) is 17.8 Å². The zero-order valence-corrected chi connectivity index (χ0v) is 13.2. The van der Waals surface area contributed by atoms with Gasteiger partial charge in [0.05, 0.1) is 4.47 Å². The fourth-order valence-corrected chi connectivity index (χ4v) is 2.32. The molecule has 3 nitrogen and oxygen atoms in total. The van der Waals surface area contributed by atoms with Gasteiger partial charge in [0.15, 0.2) is 0 Å². The number of hydrogen-bond acceptors (Lipinski definition) is 3. The lowest BCUT2D eigenvalue weighted by Crippen LogP contribution is -2.09. The van der Waals surface area contributed by atoms with E-state index in [9.17, 15) is 4.39 Å². The van der Waals surface area contributed by atoms with Crippen LogP contribution in [-0.4, -0.2) is 12.0 Å². The van der Waals surface area contributed by atoms with E-state index in [4.69, 9.17) is 4.74 Å². The number of ether oxygens (including phenoxy) is 1. The molecule has 0 atom stereocenters. The van der Waals surface area contributed by atoms with E-state index in [1.54, 1.807) is 12.1 Å². The first kappa shape index (κ1) is 14.9. The van der Waals surface area contributed by atoms with Crippen LogP contribution >= 0.6 is 15.9 Å². The standard InChI is InChI=1S/C15H16BrFN2O/c1-9-6-10(2)19-15(12(9)8-18-3)20-11-4-5-14(17)13(16)7-11/h4-7,18H,8H2,1-3H3. The minimum atomic E-state index is -0.318. The van der Waals surface area contributed by atoms with Gasteiger partial charge in [-0.3, -0.25) is 0 Å². The van der Waals surface area contributed by atoms with E-state index >= 15 is 0 Å². The van der Waals surface area contributed by atoms with E-state index in [1.165, 1.54) is 6.07 Å². The Balaban J connectivity index is 2.38. The Kier molecular flexibility index (Phi) is 4.73. The smallest absolute Gasteiger partial charge is 0.224 e. The van der Waals surface area contributed by atoms with E-state index in [-0.39, 0.29) is 5.82 Å². The van der Waals surface area contributed by atoms with Gasteiger partial charge in [0.1, 0.15) is 11.6 Å². The molecule has 2 rings (SSSR count). The van der Waals surface area contributed by atoms with Crippen LogP contribution in [0.5, 0.6) is 11.6 Å². The number of rotatable bonds is 4. The topological polar surface area (TPSA) is 34.2 Å².